The number of hydrogen-bond acceptors (Lipinski definition) is 3. The van der Waals surface area contributed by atoms with Crippen molar-refractivity contribution in [2.45, 2.75) is 84.3 Å². The fourth-order valence-corrected chi connectivity index (χ4v) is 7.98. The molecule has 136 valence electrons. The number of fused-ring (bicyclic) bond motifs is 5. The zero-order valence-corrected chi connectivity index (χ0v) is 15.5. The zero-order valence-electron chi connectivity index (χ0n) is 15.5. The maximum absolute atomic E-state index is 12.2. The number of rotatable bonds is 1. The van der Waals surface area contributed by atoms with Crippen molar-refractivity contribution in [3.05, 3.63) is 0 Å². The van der Waals surface area contributed by atoms with E-state index in [9.17, 15) is 15.0 Å². The van der Waals surface area contributed by atoms with Crippen LogP contribution in [0.15, 0.2) is 0 Å². The summed E-state index contributed by atoms with van der Waals surface area (Å²) in [6, 6.07) is 0. The normalized spacial score (nSPS) is 57.0. The number of aliphatic hydroxyl groups is 2. The fraction of sp³-hybridized carbons (Fsp3) is 0.952. The van der Waals surface area contributed by atoms with Crippen LogP contribution in [-0.2, 0) is 4.79 Å². The van der Waals surface area contributed by atoms with Crippen molar-refractivity contribution in [1.29, 1.82) is 0 Å². The molecule has 2 N–H and O–H groups in total. The molecule has 4 rings (SSSR count). The first kappa shape index (κ1) is 17.0. The monoisotopic (exact) mass is 334 g/mol. The Morgan fingerprint density at radius 2 is 1.62 bits per heavy atom. The summed E-state index contributed by atoms with van der Waals surface area (Å²) in [6.07, 6.45) is 8.14. The van der Waals surface area contributed by atoms with E-state index in [1.807, 2.05) is 0 Å². The van der Waals surface area contributed by atoms with E-state index in [1.54, 1.807) is 6.92 Å². The quantitative estimate of drug-likeness (QED) is 0.771. The van der Waals surface area contributed by atoms with Gasteiger partial charge in [0.2, 0.25) is 0 Å². The van der Waals surface area contributed by atoms with Crippen LogP contribution in [-0.4, -0.2) is 28.2 Å². The predicted octanol–water partition coefficient (Wildman–Crippen LogP) is 3.57. The number of aliphatic hydroxyl groups excluding tert-OH is 2. The van der Waals surface area contributed by atoms with E-state index in [0.717, 1.165) is 38.0 Å². The van der Waals surface area contributed by atoms with E-state index in [4.69, 9.17) is 0 Å². The van der Waals surface area contributed by atoms with Crippen molar-refractivity contribution in [3.63, 3.8) is 0 Å². The van der Waals surface area contributed by atoms with Crippen LogP contribution in [0.1, 0.15) is 72.1 Å². The van der Waals surface area contributed by atoms with Gasteiger partial charge in [0.1, 0.15) is 5.78 Å². The van der Waals surface area contributed by atoms with Gasteiger partial charge in [0.25, 0.3) is 0 Å². The molecule has 0 aromatic carbocycles. The molecule has 4 aliphatic rings. The molecule has 0 heterocycles. The minimum atomic E-state index is -0.435. The van der Waals surface area contributed by atoms with E-state index in [2.05, 4.69) is 13.8 Å². The summed E-state index contributed by atoms with van der Waals surface area (Å²) in [6.45, 7) is 6.44. The molecule has 0 aromatic rings. The lowest BCUT2D eigenvalue weighted by atomic mass is 9.44. The average Bonchev–Trinajstić information content (AvgIpc) is 2.78. The SMILES string of the molecule is CC(=O)[C@H]1[C@H](O)C[C@H]2[C@@H]3CC[C@@H]4C[C@@H](O)CC[C@]4(C)[C@@H]3CC[C@@]21C. The van der Waals surface area contributed by atoms with Crippen molar-refractivity contribution >= 4 is 5.78 Å². The van der Waals surface area contributed by atoms with Gasteiger partial charge in [-0.05, 0) is 92.8 Å². The summed E-state index contributed by atoms with van der Waals surface area (Å²) in [5, 5.41) is 20.7. The second-order valence-corrected chi connectivity index (χ2v) is 10.0. The summed E-state index contributed by atoms with van der Waals surface area (Å²) in [5.41, 5.74) is 0.368. The van der Waals surface area contributed by atoms with E-state index in [-0.39, 0.29) is 23.2 Å². The third kappa shape index (κ3) is 2.19. The lowest BCUT2D eigenvalue weighted by molar-refractivity contribution is -0.140. The molecule has 4 aliphatic carbocycles. The summed E-state index contributed by atoms with van der Waals surface area (Å²) < 4.78 is 0. The van der Waals surface area contributed by atoms with Gasteiger partial charge in [0.05, 0.1) is 12.2 Å². The van der Waals surface area contributed by atoms with Crippen LogP contribution < -0.4 is 0 Å². The van der Waals surface area contributed by atoms with Crippen LogP contribution in [0.3, 0.4) is 0 Å². The molecular weight excluding hydrogens is 300 g/mol. The van der Waals surface area contributed by atoms with Crippen molar-refractivity contribution in [2.75, 3.05) is 0 Å². The van der Waals surface area contributed by atoms with Gasteiger partial charge in [0.15, 0.2) is 0 Å². The molecule has 0 saturated heterocycles. The molecule has 0 spiro atoms. The van der Waals surface area contributed by atoms with Crippen LogP contribution in [0, 0.1) is 40.4 Å². The maximum atomic E-state index is 12.2. The van der Waals surface area contributed by atoms with Gasteiger partial charge in [-0.1, -0.05) is 13.8 Å². The van der Waals surface area contributed by atoms with Gasteiger partial charge in [-0.25, -0.2) is 0 Å². The molecule has 0 aromatic heterocycles. The molecule has 9 atom stereocenters. The van der Waals surface area contributed by atoms with E-state index in [0.29, 0.717) is 23.2 Å². The second-order valence-electron chi connectivity index (χ2n) is 10.0. The summed E-state index contributed by atoms with van der Waals surface area (Å²) in [4.78, 5) is 12.2. The van der Waals surface area contributed by atoms with Crippen LogP contribution >= 0.6 is 0 Å². The molecule has 0 unspecified atom stereocenters. The van der Waals surface area contributed by atoms with Gasteiger partial charge in [-0.15, -0.1) is 0 Å². The summed E-state index contributed by atoms with van der Waals surface area (Å²) >= 11 is 0. The Balaban J connectivity index is 1.64. The summed E-state index contributed by atoms with van der Waals surface area (Å²) in [5.74, 6) is 2.60. The standard InChI is InChI=1S/C21H34O3/c1-12(22)19-18(24)11-17-15-5-4-13-10-14(23)6-8-20(13,2)16(15)7-9-21(17,19)3/h13-19,23-24H,4-11H2,1-3H3/t13-,14+,15-,16-,17+,18-,19+,20+,21+/m1/s1. The molecule has 0 radical (unpaired) electrons. The van der Waals surface area contributed by atoms with Gasteiger partial charge >= 0.3 is 0 Å². The second kappa shape index (κ2) is 5.54. The van der Waals surface area contributed by atoms with Crippen molar-refractivity contribution in [2.24, 2.45) is 40.4 Å². The van der Waals surface area contributed by atoms with Crippen molar-refractivity contribution in [3.8, 4) is 0 Å². The molecule has 0 bridgehead atoms. The highest BCUT2D eigenvalue weighted by molar-refractivity contribution is 5.80. The highest BCUT2D eigenvalue weighted by Crippen LogP contribution is 2.67. The fourth-order valence-electron chi connectivity index (χ4n) is 7.98. The number of carbonyl (C=O) groups excluding carboxylic acids is 1. The third-order valence-electron chi connectivity index (χ3n) is 9.10. The largest absolute Gasteiger partial charge is 0.393 e. The van der Waals surface area contributed by atoms with Gasteiger partial charge in [-0.3, -0.25) is 4.79 Å². The lowest BCUT2D eigenvalue weighted by Gasteiger charge is -2.60. The first-order chi connectivity index (χ1) is 11.3. The van der Waals surface area contributed by atoms with Crippen LogP contribution in [0.4, 0.5) is 0 Å². The Morgan fingerprint density at radius 1 is 0.917 bits per heavy atom. The Hall–Kier alpha value is -0.410. The van der Waals surface area contributed by atoms with E-state index >= 15 is 0 Å². The number of ketones is 1. The van der Waals surface area contributed by atoms with Crippen molar-refractivity contribution in [1.82, 2.24) is 0 Å². The smallest absolute Gasteiger partial charge is 0.136 e. The molecule has 4 saturated carbocycles. The predicted molar refractivity (Wildman–Crippen MR) is 93.3 cm³/mol. The molecule has 4 fully saturated rings. The summed E-state index contributed by atoms with van der Waals surface area (Å²) in [7, 11) is 0. The first-order valence-corrected chi connectivity index (χ1v) is 10.1. The third-order valence-corrected chi connectivity index (χ3v) is 9.10. The van der Waals surface area contributed by atoms with Crippen LogP contribution in [0.2, 0.25) is 0 Å². The zero-order chi connectivity index (χ0) is 17.3. The molecule has 0 amide bonds. The first-order valence-electron chi connectivity index (χ1n) is 10.1. The van der Waals surface area contributed by atoms with Crippen molar-refractivity contribution < 1.29 is 15.0 Å². The van der Waals surface area contributed by atoms with Gasteiger partial charge in [0, 0.05) is 5.92 Å². The molecular formula is C21H34O3. The van der Waals surface area contributed by atoms with Gasteiger partial charge < -0.3 is 10.2 Å². The number of hydrogen-bond donors (Lipinski definition) is 2. The molecule has 3 heteroatoms. The van der Waals surface area contributed by atoms with Crippen LogP contribution in [0.25, 0.3) is 0 Å². The number of carbonyl (C=O) groups is 1. The highest BCUT2D eigenvalue weighted by Gasteiger charge is 2.62. The molecule has 0 aliphatic heterocycles. The minimum absolute atomic E-state index is 0.00376. The Labute approximate surface area is 146 Å². The van der Waals surface area contributed by atoms with Gasteiger partial charge in [-0.2, -0.15) is 0 Å². The molecule has 3 nitrogen and oxygen atoms in total. The van der Waals surface area contributed by atoms with Crippen LogP contribution in [0.5, 0.6) is 0 Å². The minimum Gasteiger partial charge on any atom is -0.393 e. The Kier molecular flexibility index (Phi) is 3.93. The maximum Gasteiger partial charge on any atom is 0.136 e. The Morgan fingerprint density at radius 3 is 2.33 bits per heavy atom. The average molecular weight is 335 g/mol. The topological polar surface area (TPSA) is 57.5 Å². The van der Waals surface area contributed by atoms with E-state index < -0.39 is 6.10 Å². The molecule has 24 heavy (non-hydrogen) atoms. The highest BCUT2D eigenvalue weighted by atomic mass is 16.3. The lowest BCUT2D eigenvalue weighted by Crippen LogP contribution is -2.54. The van der Waals surface area contributed by atoms with E-state index in [1.165, 1.54) is 19.3 Å². The Bertz CT molecular complexity index is 531. The number of Topliss-reactive ketones (excluding diaryl/α,β-unsaturated/α-hetero) is 1.